The monoisotopic (exact) mass is 291 g/mol. The molecular weight excluding hydrogens is 270 g/mol. The largest absolute Gasteiger partial charge is 0.473 e. The number of hydrogen-bond acceptors (Lipinski definition) is 2. The number of fused-ring (bicyclic) bond motifs is 1. The summed E-state index contributed by atoms with van der Waals surface area (Å²) >= 11 is 0. The van der Waals surface area contributed by atoms with Gasteiger partial charge in [-0.15, -0.1) is 0 Å². The van der Waals surface area contributed by atoms with Crippen LogP contribution >= 0.6 is 0 Å². The van der Waals surface area contributed by atoms with Crippen LogP contribution in [0.5, 0.6) is 5.75 Å². The van der Waals surface area contributed by atoms with Gasteiger partial charge >= 0.3 is 0 Å². The number of nitrogens with zero attached hydrogens (tertiary/aromatic N) is 1. The topological polar surface area (TPSA) is 33.0 Å². The van der Waals surface area contributed by atoms with Gasteiger partial charge in [-0.05, 0) is 61.9 Å². The number of aryl methyl sites for hydroxylation is 1. The first-order chi connectivity index (χ1) is 10.6. The maximum Gasteiger partial charge on any atom is 0.188 e. The van der Waals surface area contributed by atoms with Crippen LogP contribution in [0, 0.1) is 11.3 Å². The summed E-state index contributed by atoms with van der Waals surface area (Å²) in [5.41, 5.74) is 3.47. The Hall–Kier alpha value is -2.27. The van der Waals surface area contributed by atoms with E-state index in [9.17, 15) is 0 Å². The van der Waals surface area contributed by atoms with Crippen molar-refractivity contribution in [2.75, 3.05) is 0 Å². The molecule has 0 N–H and O–H groups in total. The highest BCUT2D eigenvalue weighted by molar-refractivity contribution is 5.41. The van der Waals surface area contributed by atoms with Crippen molar-refractivity contribution in [3.05, 3.63) is 65.2 Å². The highest BCUT2D eigenvalue weighted by Crippen LogP contribution is 2.37. The van der Waals surface area contributed by atoms with E-state index in [-0.39, 0.29) is 0 Å². The van der Waals surface area contributed by atoms with Crippen molar-refractivity contribution in [1.82, 2.24) is 0 Å². The molecule has 0 saturated heterocycles. The molecule has 2 aromatic rings. The minimum absolute atomic E-state index is 0.475. The smallest absolute Gasteiger partial charge is 0.188 e. The fourth-order valence-electron chi connectivity index (χ4n) is 3.19. The minimum Gasteiger partial charge on any atom is -0.473 e. The highest BCUT2D eigenvalue weighted by Gasteiger charge is 2.22. The first-order valence-corrected chi connectivity index (χ1v) is 7.87. The number of rotatable bonds is 3. The normalized spacial score (nSPS) is 17.4. The third-order valence-corrected chi connectivity index (χ3v) is 4.29. The lowest BCUT2D eigenvalue weighted by molar-refractivity contribution is 0.170. The maximum atomic E-state index is 9.05. The molecule has 0 bridgehead atoms. The molecule has 2 nitrogen and oxygen atoms in total. The molecule has 0 heterocycles. The SMILES string of the molecule is CC(C)(C#N)Oc1ccc([C@H]2CCCc3ccccc32)cc1. The molecule has 0 unspecified atom stereocenters. The molecule has 1 aliphatic carbocycles. The van der Waals surface area contributed by atoms with E-state index in [1.165, 1.54) is 36.0 Å². The molecule has 0 aliphatic heterocycles. The first kappa shape index (κ1) is 14.7. The van der Waals surface area contributed by atoms with Crippen molar-refractivity contribution in [3.63, 3.8) is 0 Å². The Balaban J connectivity index is 1.84. The average molecular weight is 291 g/mol. The van der Waals surface area contributed by atoms with Crippen LogP contribution in [-0.4, -0.2) is 5.60 Å². The average Bonchev–Trinajstić information content (AvgIpc) is 2.55. The second kappa shape index (κ2) is 5.85. The Labute approximate surface area is 132 Å². The summed E-state index contributed by atoms with van der Waals surface area (Å²) in [6.45, 7) is 3.55. The van der Waals surface area contributed by atoms with Gasteiger partial charge in [0.2, 0.25) is 0 Å². The Morgan fingerprint density at radius 1 is 1.09 bits per heavy atom. The van der Waals surface area contributed by atoms with E-state index < -0.39 is 5.60 Å². The Bertz CT molecular complexity index is 694. The zero-order chi connectivity index (χ0) is 15.6. The lowest BCUT2D eigenvalue weighted by atomic mass is 9.79. The van der Waals surface area contributed by atoms with Gasteiger partial charge in [0.15, 0.2) is 5.60 Å². The molecule has 2 aromatic carbocycles. The van der Waals surface area contributed by atoms with Gasteiger partial charge in [-0.2, -0.15) is 5.26 Å². The first-order valence-electron chi connectivity index (χ1n) is 7.87. The quantitative estimate of drug-likeness (QED) is 0.811. The van der Waals surface area contributed by atoms with Gasteiger partial charge in [0.05, 0.1) is 0 Å². The molecule has 0 spiro atoms. The third-order valence-electron chi connectivity index (χ3n) is 4.29. The van der Waals surface area contributed by atoms with Gasteiger partial charge in [-0.25, -0.2) is 0 Å². The summed E-state index contributed by atoms with van der Waals surface area (Å²) in [7, 11) is 0. The van der Waals surface area contributed by atoms with E-state index in [1.54, 1.807) is 13.8 Å². The van der Waals surface area contributed by atoms with Gasteiger partial charge in [0.1, 0.15) is 11.8 Å². The van der Waals surface area contributed by atoms with Gasteiger partial charge in [0.25, 0.3) is 0 Å². The molecule has 22 heavy (non-hydrogen) atoms. The number of nitriles is 1. The van der Waals surface area contributed by atoms with Crippen LogP contribution in [0.4, 0.5) is 0 Å². The van der Waals surface area contributed by atoms with Gasteiger partial charge in [-0.3, -0.25) is 0 Å². The summed E-state index contributed by atoms with van der Waals surface area (Å²) < 4.78 is 5.70. The molecule has 0 radical (unpaired) electrons. The molecular formula is C20H21NO. The highest BCUT2D eigenvalue weighted by atomic mass is 16.5. The van der Waals surface area contributed by atoms with E-state index in [1.807, 2.05) is 12.1 Å². The predicted octanol–water partition coefficient (Wildman–Crippen LogP) is 4.84. The molecule has 0 saturated carbocycles. The van der Waals surface area contributed by atoms with Crippen LogP contribution < -0.4 is 4.74 Å². The molecule has 112 valence electrons. The lowest BCUT2D eigenvalue weighted by Gasteiger charge is -2.26. The van der Waals surface area contributed by atoms with Crippen molar-refractivity contribution >= 4 is 0 Å². The lowest BCUT2D eigenvalue weighted by Crippen LogP contribution is -2.25. The molecule has 1 atom stereocenters. The van der Waals surface area contributed by atoms with Crippen LogP contribution in [0.15, 0.2) is 48.5 Å². The molecule has 3 rings (SSSR count). The summed E-state index contributed by atoms with van der Waals surface area (Å²) in [6, 6.07) is 19.1. The van der Waals surface area contributed by atoms with Gasteiger partial charge in [-0.1, -0.05) is 36.4 Å². The van der Waals surface area contributed by atoms with Gasteiger partial charge < -0.3 is 4.74 Å². The van der Waals surface area contributed by atoms with Crippen LogP contribution in [-0.2, 0) is 6.42 Å². The van der Waals surface area contributed by atoms with Crippen LogP contribution in [0.2, 0.25) is 0 Å². The fraction of sp³-hybridized carbons (Fsp3) is 0.350. The molecule has 1 aliphatic rings. The van der Waals surface area contributed by atoms with Crippen molar-refractivity contribution in [2.24, 2.45) is 0 Å². The fourth-order valence-corrected chi connectivity index (χ4v) is 3.19. The zero-order valence-corrected chi connectivity index (χ0v) is 13.2. The van der Waals surface area contributed by atoms with E-state index in [0.717, 1.165) is 5.75 Å². The van der Waals surface area contributed by atoms with E-state index >= 15 is 0 Å². The number of hydrogen-bond donors (Lipinski definition) is 0. The van der Waals surface area contributed by atoms with Crippen molar-refractivity contribution in [2.45, 2.75) is 44.6 Å². The van der Waals surface area contributed by atoms with E-state index in [0.29, 0.717) is 5.92 Å². The summed E-state index contributed by atoms with van der Waals surface area (Å²) in [5.74, 6) is 1.22. The molecule has 0 aromatic heterocycles. The second-order valence-corrected chi connectivity index (χ2v) is 6.44. The summed E-state index contributed by atoms with van der Waals surface area (Å²) in [5, 5.41) is 9.05. The summed E-state index contributed by atoms with van der Waals surface area (Å²) in [4.78, 5) is 0. The standard InChI is InChI=1S/C20H21NO/c1-20(2,14-21)22-17-12-10-16(11-13-17)19-9-5-7-15-6-3-4-8-18(15)19/h3-4,6,8,10-13,19H,5,7,9H2,1-2H3/t19-/m1/s1. The van der Waals surface area contributed by atoms with E-state index in [2.05, 4.69) is 42.5 Å². The van der Waals surface area contributed by atoms with Crippen molar-refractivity contribution in [3.8, 4) is 11.8 Å². The minimum atomic E-state index is -0.793. The second-order valence-electron chi connectivity index (χ2n) is 6.44. The third kappa shape index (κ3) is 2.99. The zero-order valence-electron chi connectivity index (χ0n) is 13.2. The Morgan fingerprint density at radius 3 is 2.55 bits per heavy atom. The predicted molar refractivity (Wildman–Crippen MR) is 88.0 cm³/mol. The molecule has 0 fully saturated rings. The Morgan fingerprint density at radius 2 is 1.82 bits per heavy atom. The van der Waals surface area contributed by atoms with Crippen LogP contribution in [0.25, 0.3) is 0 Å². The summed E-state index contributed by atoms with van der Waals surface area (Å²) in [6.07, 6.45) is 3.62. The molecule has 0 amide bonds. The van der Waals surface area contributed by atoms with E-state index in [4.69, 9.17) is 10.00 Å². The van der Waals surface area contributed by atoms with Crippen LogP contribution in [0.3, 0.4) is 0 Å². The van der Waals surface area contributed by atoms with Crippen molar-refractivity contribution in [1.29, 1.82) is 5.26 Å². The van der Waals surface area contributed by atoms with Crippen molar-refractivity contribution < 1.29 is 4.74 Å². The molecule has 2 heteroatoms. The Kier molecular flexibility index (Phi) is 3.90. The number of benzene rings is 2. The number of ether oxygens (including phenoxy) is 1. The maximum absolute atomic E-state index is 9.05. The van der Waals surface area contributed by atoms with Crippen LogP contribution in [0.1, 0.15) is 49.3 Å². The van der Waals surface area contributed by atoms with Gasteiger partial charge in [0, 0.05) is 5.92 Å².